The van der Waals surface area contributed by atoms with Crippen molar-refractivity contribution in [2.24, 2.45) is 0 Å². The van der Waals surface area contributed by atoms with E-state index in [1.807, 2.05) is 13.0 Å². The molecule has 3 heterocycles. The number of rotatable bonds is 8. The van der Waals surface area contributed by atoms with E-state index in [1.165, 1.54) is 24.1 Å². The number of urea groups is 1. The minimum atomic E-state index is -2.47. The van der Waals surface area contributed by atoms with Crippen molar-refractivity contribution >= 4 is 35.5 Å². The van der Waals surface area contributed by atoms with Gasteiger partial charge in [0.25, 0.3) is 0 Å². The number of anilines is 3. The number of hydrogen-bond donors (Lipinski definition) is 2. The van der Waals surface area contributed by atoms with Gasteiger partial charge in [-0.15, -0.1) is 0 Å². The molecule has 3 amide bonds. The number of methoxy groups -OCH3 is 1. The topological polar surface area (TPSA) is 141 Å². The standard InChI is InChI=1S/C24H29N7O4/c1-15(14-35-4)27-20-9-22(26-11-19(20)10-25)29-24(34)31-7-5-6-17-8-18(12-30(3)16(2)33)21(13-32)28-23(17)31/h8-9,11,13,15H,5-7,12,14H2,1-4H3,(H2,26,27,29,34)/i5D,7D2/t5-,15?/m1/s1. The van der Waals surface area contributed by atoms with Crippen molar-refractivity contribution in [1.29, 1.82) is 5.26 Å². The molecule has 2 atom stereocenters. The number of pyridine rings is 2. The summed E-state index contributed by atoms with van der Waals surface area (Å²) >= 11 is 0. The molecule has 0 aromatic carbocycles. The molecule has 0 fully saturated rings. The second-order valence-corrected chi connectivity index (χ2v) is 8.04. The number of nitrogens with one attached hydrogen (secondary N) is 2. The van der Waals surface area contributed by atoms with Crippen LogP contribution in [0, 0.1) is 11.3 Å². The Morgan fingerprint density at radius 3 is 2.89 bits per heavy atom. The second kappa shape index (κ2) is 11.4. The van der Waals surface area contributed by atoms with Crippen LogP contribution in [0.2, 0.25) is 0 Å². The third-order valence-electron chi connectivity index (χ3n) is 5.28. The van der Waals surface area contributed by atoms with E-state index in [-0.39, 0.29) is 47.8 Å². The van der Waals surface area contributed by atoms with Gasteiger partial charge in [0, 0.05) is 62.1 Å². The highest BCUT2D eigenvalue weighted by atomic mass is 16.5. The molecule has 0 aliphatic carbocycles. The van der Waals surface area contributed by atoms with E-state index in [9.17, 15) is 19.6 Å². The maximum absolute atomic E-state index is 13.4. The first-order valence-electron chi connectivity index (χ1n) is 12.4. The zero-order valence-electron chi connectivity index (χ0n) is 23.0. The number of aryl methyl sites for hydroxylation is 1. The van der Waals surface area contributed by atoms with Gasteiger partial charge in [0.05, 0.1) is 17.9 Å². The van der Waals surface area contributed by atoms with Gasteiger partial charge in [-0.2, -0.15) is 5.26 Å². The fraction of sp³-hybridized carbons (Fsp3) is 0.417. The number of carbonyl (C=O) groups excluding carboxylic acids is 3. The summed E-state index contributed by atoms with van der Waals surface area (Å²) in [5, 5.41) is 15.0. The SMILES string of the molecule is [2H][C@@H]1Cc2cc(CN(C)C(C)=O)c(C=O)nc2N(C(=O)Nc2cc(NC(C)COC)c(C#N)cn2)C1([2H])[2H]. The average Bonchev–Trinajstić information content (AvgIpc) is 2.84. The van der Waals surface area contributed by atoms with E-state index in [0.29, 0.717) is 34.6 Å². The highest BCUT2D eigenvalue weighted by Gasteiger charge is 2.26. The van der Waals surface area contributed by atoms with Crippen molar-refractivity contribution in [3.8, 4) is 6.07 Å². The van der Waals surface area contributed by atoms with Crippen molar-refractivity contribution in [1.82, 2.24) is 14.9 Å². The third-order valence-corrected chi connectivity index (χ3v) is 5.28. The van der Waals surface area contributed by atoms with Crippen LogP contribution in [-0.2, 0) is 22.5 Å². The summed E-state index contributed by atoms with van der Waals surface area (Å²) in [5.41, 5.74) is 1.38. The number of nitrogens with zero attached hydrogens (tertiary/aromatic N) is 5. The van der Waals surface area contributed by atoms with Gasteiger partial charge >= 0.3 is 6.03 Å². The molecule has 0 radical (unpaired) electrons. The van der Waals surface area contributed by atoms with E-state index in [0.717, 1.165) is 0 Å². The van der Waals surface area contributed by atoms with Gasteiger partial charge in [-0.25, -0.2) is 14.8 Å². The van der Waals surface area contributed by atoms with E-state index in [1.54, 1.807) is 20.2 Å². The molecule has 2 aromatic heterocycles. The predicted molar refractivity (Wildman–Crippen MR) is 130 cm³/mol. The fourth-order valence-corrected chi connectivity index (χ4v) is 3.46. The summed E-state index contributed by atoms with van der Waals surface area (Å²) in [6.45, 7) is 1.19. The summed E-state index contributed by atoms with van der Waals surface area (Å²) in [5.74, 6) is -0.301. The summed E-state index contributed by atoms with van der Waals surface area (Å²) in [6, 6.07) is 3.90. The molecule has 1 unspecified atom stereocenters. The molecule has 35 heavy (non-hydrogen) atoms. The molecule has 3 rings (SSSR count). The van der Waals surface area contributed by atoms with Crippen LogP contribution in [-0.4, -0.2) is 66.4 Å². The van der Waals surface area contributed by atoms with E-state index in [4.69, 9.17) is 8.85 Å². The Labute approximate surface area is 208 Å². The molecule has 1 aliphatic heterocycles. The minimum Gasteiger partial charge on any atom is -0.383 e. The lowest BCUT2D eigenvalue weighted by atomic mass is 10.0. The minimum absolute atomic E-state index is 0.0286. The molecule has 184 valence electrons. The number of ether oxygens (including phenoxy) is 1. The van der Waals surface area contributed by atoms with Crippen LogP contribution in [0.3, 0.4) is 0 Å². The number of hydrogen-bond acceptors (Lipinski definition) is 8. The van der Waals surface area contributed by atoms with Crippen LogP contribution in [0.1, 0.15) is 51.5 Å². The maximum Gasteiger partial charge on any atom is 0.328 e. The summed E-state index contributed by atoms with van der Waals surface area (Å²) in [6.07, 6.45) is 0.326. The first-order valence-corrected chi connectivity index (χ1v) is 10.8. The van der Waals surface area contributed by atoms with Crippen molar-refractivity contribution in [3.05, 3.63) is 40.7 Å². The van der Waals surface area contributed by atoms with Crippen LogP contribution in [0.5, 0.6) is 0 Å². The molecule has 11 nitrogen and oxygen atoms in total. The van der Waals surface area contributed by atoms with Crippen molar-refractivity contribution in [2.45, 2.75) is 39.3 Å². The highest BCUT2D eigenvalue weighted by Crippen LogP contribution is 2.28. The second-order valence-electron chi connectivity index (χ2n) is 8.04. The number of amides is 3. The zero-order valence-corrected chi connectivity index (χ0v) is 20.0. The quantitative estimate of drug-likeness (QED) is 0.547. The molecule has 2 aromatic rings. The van der Waals surface area contributed by atoms with Crippen molar-refractivity contribution in [3.63, 3.8) is 0 Å². The molecular weight excluding hydrogens is 450 g/mol. The number of carbonyl (C=O) groups is 3. The number of aldehydes is 1. The molecule has 11 heteroatoms. The van der Waals surface area contributed by atoms with Crippen molar-refractivity contribution in [2.75, 3.05) is 42.8 Å². The van der Waals surface area contributed by atoms with Gasteiger partial charge in [-0.05, 0) is 31.4 Å². The number of nitriles is 1. The molecule has 0 bridgehead atoms. The van der Waals surface area contributed by atoms with Crippen molar-refractivity contribution < 1.29 is 23.2 Å². The van der Waals surface area contributed by atoms with Crippen LogP contribution in [0.4, 0.5) is 22.1 Å². The van der Waals surface area contributed by atoms with Crippen LogP contribution in [0.25, 0.3) is 0 Å². The maximum atomic E-state index is 13.4. The van der Waals surface area contributed by atoms with Crippen LogP contribution in [0.15, 0.2) is 18.3 Å². The zero-order chi connectivity index (χ0) is 28.2. The number of fused-ring (bicyclic) bond motifs is 1. The highest BCUT2D eigenvalue weighted by molar-refractivity contribution is 6.01. The predicted octanol–water partition coefficient (Wildman–Crippen LogP) is 2.57. The lowest BCUT2D eigenvalue weighted by molar-refractivity contribution is -0.128. The monoisotopic (exact) mass is 482 g/mol. The first-order chi connectivity index (χ1) is 17.9. The Balaban J connectivity index is 1.99. The normalized spacial score (nSPS) is 18.1. The summed E-state index contributed by atoms with van der Waals surface area (Å²) in [4.78, 5) is 47.3. The Morgan fingerprint density at radius 1 is 1.46 bits per heavy atom. The Kier molecular flexibility index (Phi) is 7.00. The van der Waals surface area contributed by atoms with E-state index in [2.05, 4.69) is 20.6 Å². The molecule has 1 aliphatic rings. The van der Waals surface area contributed by atoms with Gasteiger partial charge in [0.2, 0.25) is 5.91 Å². The summed E-state index contributed by atoms with van der Waals surface area (Å²) < 4.78 is 30.4. The van der Waals surface area contributed by atoms with Gasteiger partial charge in [-0.3, -0.25) is 19.8 Å². The third kappa shape index (κ3) is 6.10. The lowest BCUT2D eigenvalue weighted by Crippen LogP contribution is -2.40. The first kappa shape index (κ1) is 21.5. The van der Waals surface area contributed by atoms with Gasteiger partial charge < -0.3 is 15.0 Å². The van der Waals surface area contributed by atoms with E-state index < -0.39 is 18.9 Å². The fourth-order valence-electron chi connectivity index (χ4n) is 3.46. The number of aromatic nitrogens is 2. The average molecular weight is 483 g/mol. The molecular formula is C24H29N7O4. The largest absolute Gasteiger partial charge is 0.383 e. The summed E-state index contributed by atoms with van der Waals surface area (Å²) in [7, 11) is 3.10. The Morgan fingerprint density at radius 2 is 2.23 bits per heavy atom. The smallest absolute Gasteiger partial charge is 0.328 e. The van der Waals surface area contributed by atoms with Gasteiger partial charge in [0.1, 0.15) is 23.4 Å². The van der Waals surface area contributed by atoms with Gasteiger partial charge in [0.15, 0.2) is 6.29 Å². The van der Waals surface area contributed by atoms with Gasteiger partial charge in [-0.1, -0.05) is 0 Å². The Bertz CT molecular complexity index is 1280. The van der Waals surface area contributed by atoms with Crippen LogP contribution >= 0.6 is 0 Å². The van der Waals surface area contributed by atoms with E-state index >= 15 is 0 Å². The molecule has 0 saturated heterocycles. The van der Waals surface area contributed by atoms with Crippen LogP contribution < -0.4 is 15.5 Å². The molecule has 2 N–H and O–H groups in total. The Hall–Kier alpha value is -4.04. The molecule has 0 spiro atoms. The lowest BCUT2D eigenvalue weighted by Gasteiger charge is -2.29. The molecule has 0 saturated carbocycles.